The number of ether oxygens (including phenoxy) is 1. The summed E-state index contributed by atoms with van der Waals surface area (Å²) >= 11 is 0. The van der Waals surface area contributed by atoms with E-state index in [4.69, 9.17) is 10.5 Å². The van der Waals surface area contributed by atoms with Gasteiger partial charge in [0, 0.05) is 13.2 Å². The Kier molecular flexibility index (Phi) is 5.77. The third-order valence-electron chi connectivity index (χ3n) is 2.84. The number of amides is 1. The highest BCUT2D eigenvalue weighted by Crippen LogP contribution is 2.11. The smallest absolute Gasteiger partial charge is 0.237 e. The van der Waals surface area contributed by atoms with Crippen molar-refractivity contribution in [2.24, 2.45) is 11.7 Å². The van der Waals surface area contributed by atoms with Crippen LogP contribution in [0.25, 0.3) is 0 Å². The molecule has 0 aromatic rings. The van der Waals surface area contributed by atoms with Gasteiger partial charge < -0.3 is 15.8 Å². The molecular weight excluding hydrogens is 204 g/mol. The number of hydrogen-bond donors (Lipinski definition) is 2. The summed E-state index contributed by atoms with van der Waals surface area (Å²) in [5.41, 5.74) is 5.78. The molecule has 2 atom stereocenters. The highest BCUT2D eigenvalue weighted by molar-refractivity contribution is 5.81. The zero-order valence-electron chi connectivity index (χ0n) is 10.4. The van der Waals surface area contributed by atoms with E-state index in [1.54, 1.807) is 0 Å². The largest absolute Gasteiger partial charge is 0.376 e. The minimum Gasteiger partial charge on any atom is -0.376 e. The van der Waals surface area contributed by atoms with Crippen LogP contribution in [0.15, 0.2) is 0 Å². The molecule has 4 nitrogen and oxygen atoms in total. The maximum atomic E-state index is 11.6. The quantitative estimate of drug-likeness (QED) is 0.739. The Labute approximate surface area is 97.9 Å². The summed E-state index contributed by atoms with van der Waals surface area (Å²) in [4.78, 5) is 11.6. The number of nitrogens with two attached hydrogens (primary N) is 1. The second kappa shape index (κ2) is 6.86. The van der Waals surface area contributed by atoms with Crippen LogP contribution < -0.4 is 11.1 Å². The van der Waals surface area contributed by atoms with Crippen molar-refractivity contribution < 1.29 is 9.53 Å². The van der Waals surface area contributed by atoms with Gasteiger partial charge in [-0.05, 0) is 31.6 Å². The molecule has 1 aliphatic heterocycles. The van der Waals surface area contributed by atoms with Gasteiger partial charge in [-0.3, -0.25) is 4.79 Å². The lowest BCUT2D eigenvalue weighted by molar-refractivity contribution is -0.123. The third kappa shape index (κ3) is 4.94. The van der Waals surface area contributed by atoms with Gasteiger partial charge in [0.2, 0.25) is 5.91 Å². The Morgan fingerprint density at radius 1 is 1.50 bits per heavy atom. The number of nitrogens with one attached hydrogen (secondary N) is 1. The van der Waals surface area contributed by atoms with Crippen LogP contribution >= 0.6 is 0 Å². The molecule has 16 heavy (non-hydrogen) atoms. The first-order chi connectivity index (χ1) is 7.59. The summed E-state index contributed by atoms with van der Waals surface area (Å²) in [5.74, 6) is 0.398. The molecule has 1 fully saturated rings. The Balaban J connectivity index is 2.17. The summed E-state index contributed by atoms with van der Waals surface area (Å²) in [5, 5.41) is 2.87. The predicted octanol–water partition coefficient (Wildman–Crippen LogP) is 1.05. The lowest BCUT2D eigenvalue weighted by Gasteiger charge is -2.23. The molecule has 1 rings (SSSR count). The average molecular weight is 228 g/mol. The molecule has 0 radical (unpaired) electrons. The number of hydrogen-bond acceptors (Lipinski definition) is 3. The van der Waals surface area contributed by atoms with Crippen molar-refractivity contribution >= 4 is 5.91 Å². The molecule has 0 saturated carbocycles. The Morgan fingerprint density at radius 2 is 2.25 bits per heavy atom. The summed E-state index contributed by atoms with van der Waals surface area (Å²) in [7, 11) is 0. The van der Waals surface area contributed by atoms with Crippen LogP contribution in [0, 0.1) is 5.92 Å². The second-order valence-corrected chi connectivity index (χ2v) is 4.97. The Hall–Kier alpha value is -0.610. The molecular formula is C12H24N2O2. The van der Waals surface area contributed by atoms with Crippen molar-refractivity contribution in [2.45, 2.75) is 51.7 Å². The Morgan fingerprint density at radius 3 is 2.81 bits per heavy atom. The lowest BCUT2D eigenvalue weighted by atomic mass is 10.0. The first kappa shape index (κ1) is 13.5. The molecule has 1 unspecified atom stereocenters. The van der Waals surface area contributed by atoms with Gasteiger partial charge in [-0.25, -0.2) is 0 Å². The van der Waals surface area contributed by atoms with E-state index in [1.165, 1.54) is 6.42 Å². The molecule has 1 saturated heterocycles. The maximum Gasteiger partial charge on any atom is 0.237 e. The fourth-order valence-electron chi connectivity index (χ4n) is 1.93. The van der Waals surface area contributed by atoms with Gasteiger partial charge in [-0.15, -0.1) is 0 Å². The van der Waals surface area contributed by atoms with E-state index >= 15 is 0 Å². The summed E-state index contributed by atoms with van der Waals surface area (Å²) < 4.78 is 5.53. The average Bonchev–Trinajstić information content (AvgIpc) is 2.26. The molecule has 0 aliphatic carbocycles. The predicted molar refractivity (Wildman–Crippen MR) is 64.0 cm³/mol. The van der Waals surface area contributed by atoms with Crippen molar-refractivity contribution in [3.63, 3.8) is 0 Å². The number of rotatable bonds is 5. The van der Waals surface area contributed by atoms with Crippen molar-refractivity contribution in [1.82, 2.24) is 5.32 Å². The van der Waals surface area contributed by atoms with Crippen molar-refractivity contribution in [2.75, 3.05) is 13.2 Å². The highest BCUT2D eigenvalue weighted by atomic mass is 16.5. The fourth-order valence-corrected chi connectivity index (χ4v) is 1.93. The molecule has 1 heterocycles. The zero-order chi connectivity index (χ0) is 12.0. The Bertz CT molecular complexity index is 213. The van der Waals surface area contributed by atoms with Crippen LogP contribution in [0.2, 0.25) is 0 Å². The van der Waals surface area contributed by atoms with Gasteiger partial charge >= 0.3 is 0 Å². The van der Waals surface area contributed by atoms with Crippen molar-refractivity contribution in [3.05, 3.63) is 0 Å². The van der Waals surface area contributed by atoms with Crippen LogP contribution in [0.1, 0.15) is 39.5 Å². The van der Waals surface area contributed by atoms with Crippen LogP contribution in [-0.4, -0.2) is 31.2 Å². The molecule has 0 bridgehead atoms. The highest BCUT2D eigenvalue weighted by Gasteiger charge is 2.18. The van der Waals surface area contributed by atoms with Gasteiger partial charge in [0.1, 0.15) is 0 Å². The number of carbonyl (C=O) groups is 1. The summed E-state index contributed by atoms with van der Waals surface area (Å²) in [6, 6.07) is -0.386. The van der Waals surface area contributed by atoms with E-state index in [0.717, 1.165) is 25.9 Å². The van der Waals surface area contributed by atoms with Gasteiger partial charge in [-0.2, -0.15) is 0 Å². The fraction of sp³-hybridized carbons (Fsp3) is 0.917. The zero-order valence-corrected chi connectivity index (χ0v) is 10.4. The topological polar surface area (TPSA) is 64.4 Å². The molecule has 0 aromatic heterocycles. The summed E-state index contributed by atoms with van der Waals surface area (Å²) in [6.07, 6.45) is 4.29. The molecule has 3 N–H and O–H groups in total. The van der Waals surface area contributed by atoms with Crippen molar-refractivity contribution in [1.29, 1.82) is 0 Å². The van der Waals surface area contributed by atoms with E-state index in [-0.39, 0.29) is 18.1 Å². The standard InChI is InChI=1S/C12H24N2O2/c1-9(2)7-11(13)12(15)14-8-10-5-3-4-6-16-10/h9-11H,3-8,13H2,1-2H3,(H,14,15)/t10?,11-/m1/s1. The van der Waals surface area contributed by atoms with Crippen LogP contribution in [0.4, 0.5) is 0 Å². The second-order valence-electron chi connectivity index (χ2n) is 4.97. The SMILES string of the molecule is CC(C)C[C@@H](N)C(=O)NCC1CCCCO1. The number of carbonyl (C=O) groups excluding carboxylic acids is 1. The van der Waals surface area contributed by atoms with Gasteiger partial charge in [-0.1, -0.05) is 13.8 Å². The first-order valence-corrected chi connectivity index (χ1v) is 6.24. The minimum absolute atomic E-state index is 0.0529. The van der Waals surface area contributed by atoms with Gasteiger partial charge in [0.25, 0.3) is 0 Å². The van der Waals surface area contributed by atoms with Crippen molar-refractivity contribution in [3.8, 4) is 0 Å². The minimum atomic E-state index is -0.386. The molecule has 4 heteroatoms. The molecule has 94 valence electrons. The van der Waals surface area contributed by atoms with E-state index in [0.29, 0.717) is 12.5 Å². The lowest BCUT2D eigenvalue weighted by Crippen LogP contribution is -2.44. The van der Waals surface area contributed by atoms with E-state index in [2.05, 4.69) is 19.2 Å². The van der Waals surface area contributed by atoms with E-state index in [1.807, 2.05) is 0 Å². The van der Waals surface area contributed by atoms with E-state index < -0.39 is 0 Å². The van der Waals surface area contributed by atoms with Crippen LogP contribution in [-0.2, 0) is 9.53 Å². The normalized spacial score (nSPS) is 23.1. The third-order valence-corrected chi connectivity index (χ3v) is 2.84. The molecule has 1 amide bonds. The van der Waals surface area contributed by atoms with Gasteiger partial charge in [0.05, 0.1) is 12.1 Å². The van der Waals surface area contributed by atoms with Crippen LogP contribution in [0.3, 0.4) is 0 Å². The molecule has 0 spiro atoms. The maximum absolute atomic E-state index is 11.6. The van der Waals surface area contributed by atoms with E-state index in [9.17, 15) is 4.79 Å². The van der Waals surface area contributed by atoms with Gasteiger partial charge in [0.15, 0.2) is 0 Å². The molecule has 1 aliphatic rings. The molecule has 0 aromatic carbocycles. The van der Waals surface area contributed by atoms with Crippen LogP contribution in [0.5, 0.6) is 0 Å². The monoisotopic (exact) mass is 228 g/mol. The first-order valence-electron chi connectivity index (χ1n) is 6.24. The summed E-state index contributed by atoms with van der Waals surface area (Å²) in [6.45, 7) is 5.55.